The van der Waals surface area contributed by atoms with Crippen LogP contribution in [0.5, 0.6) is 0 Å². The van der Waals surface area contributed by atoms with E-state index in [1.165, 1.54) is 18.2 Å². The van der Waals surface area contributed by atoms with Crippen LogP contribution in [-0.2, 0) is 0 Å². The minimum atomic E-state index is -0.594. The molecule has 1 aliphatic carbocycles. The first-order chi connectivity index (χ1) is 7.58. The number of hydrogen-bond acceptors (Lipinski definition) is 4. The summed E-state index contributed by atoms with van der Waals surface area (Å²) in [4.78, 5) is 21.6. The van der Waals surface area contributed by atoms with E-state index in [1.54, 1.807) is 0 Å². The zero-order valence-corrected chi connectivity index (χ0v) is 8.47. The summed E-state index contributed by atoms with van der Waals surface area (Å²) in [5, 5.41) is 13.4. The maximum Gasteiger partial charge on any atom is 0.292 e. The van der Waals surface area contributed by atoms with Gasteiger partial charge in [-0.15, -0.1) is 0 Å². The fourth-order valence-electron chi connectivity index (χ4n) is 1.34. The van der Waals surface area contributed by atoms with Crippen molar-refractivity contribution in [3.05, 3.63) is 33.9 Å². The van der Waals surface area contributed by atoms with E-state index >= 15 is 0 Å². The SMILES string of the molecule is Nc1ccc(C(=O)NC2CC2)cc1[N+](=O)[O-]. The van der Waals surface area contributed by atoms with Gasteiger partial charge in [0.25, 0.3) is 11.6 Å². The lowest BCUT2D eigenvalue weighted by Crippen LogP contribution is -2.25. The van der Waals surface area contributed by atoms with Crippen LogP contribution in [0.1, 0.15) is 23.2 Å². The van der Waals surface area contributed by atoms with Gasteiger partial charge in [-0.25, -0.2) is 0 Å². The summed E-state index contributed by atoms with van der Waals surface area (Å²) in [5.74, 6) is -0.286. The number of nitrogens with zero attached hydrogens (tertiary/aromatic N) is 1. The number of nitro benzene ring substituents is 1. The second kappa shape index (κ2) is 3.80. The highest BCUT2D eigenvalue weighted by Gasteiger charge is 2.24. The molecule has 0 unspecified atom stereocenters. The molecule has 0 heterocycles. The summed E-state index contributed by atoms with van der Waals surface area (Å²) in [6.45, 7) is 0. The summed E-state index contributed by atoms with van der Waals surface area (Å²) in [7, 11) is 0. The molecule has 0 radical (unpaired) electrons. The molecule has 0 aromatic heterocycles. The van der Waals surface area contributed by atoms with Gasteiger partial charge in [0, 0.05) is 17.7 Å². The van der Waals surface area contributed by atoms with Crippen molar-refractivity contribution in [3.8, 4) is 0 Å². The Hall–Kier alpha value is -2.11. The number of nitrogens with two attached hydrogens (primary N) is 1. The quantitative estimate of drug-likeness (QED) is 0.453. The number of rotatable bonds is 3. The van der Waals surface area contributed by atoms with E-state index in [0.29, 0.717) is 0 Å². The molecule has 6 heteroatoms. The first-order valence-corrected chi connectivity index (χ1v) is 4.92. The third kappa shape index (κ3) is 2.10. The Kier molecular flexibility index (Phi) is 2.47. The molecule has 1 fully saturated rings. The minimum absolute atomic E-state index is 0.0629. The van der Waals surface area contributed by atoms with Crippen LogP contribution >= 0.6 is 0 Å². The minimum Gasteiger partial charge on any atom is -0.393 e. The normalized spacial score (nSPS) is 14.5. The highest BCUT2D eigenvalue weighted by molar-refractivity contribution is 5.95. The standard InChI is InChI=1S/C10H11N3O3/c11-8-4-1-6(5-9(8)13(15)16)10(14)12-7-2-3-7/h1,4-5,7H,2-3,11H2,(H,12,14). The van der Waals surface area contributed by atoms with Crippen molar-refractivity contribution in [2.24, 2.45) is 0 Å². The van der Waals surface area contributed by atoms with E-state index in [4.69, 9.17) is 5.73 Å². The second-order valence-electron chi connectivity index (χ2n) is 3.78. The van der Waals surface area contributed by atoms with Crippen LogP contribution in [0.2, 0.25) is 0 Å². The number of carbonyl (C=O) groups excluding carboxylic acids is 1. The van der Waals surface area contributed by atoms with Gasteiger partial charge in [0.1, 0.15) is 5.69 Å². The number of amides is 1. The molecule has 3 N–H and O–H groups in total. The van der Waals surface area contributed by atoms with Crippen molar-refractivity contribution in [2.45, 2.75) is 18.9 Å². The average Bonchev–Trinajstić information content (AvgIpc) is 3.01. The van der Waals surface area contributed by atoms with Gasteiger partial charge in [0.15, 0.2) is 0 Å². The number of anilines is 1. The largest absolute Gasteiger partial charge is 0.393 e. The number of nitrogen functional groups attached to an aromatic ring is 1. The van der Waals surface area contributed by atoms with Gasteiger partial charge in [0.05, 0.1) is 4.92 Å². The van der Waals surface area contributed by atoms with Crippen LogP contribution in [0.3, 0.4) is 0 Å². The maximum absolute atomic E-state index is 11.6. The van der Waals surface area contributed by atoms with Crippen LogP contribution in [-0.4, -0.2) is 16.9 Å². The molecule has 16 heavy (non-hydrogen) atoms. The zero-order chi connectivity index (χ0) is 11.7. The molecule has 1 aromatic carbocycles. The maximum atomic E-state index is 11.6. The Balaban J connectivity index is 2.23. The molecule has 0 bridgehead atoms. The summed E-state index contributed by atoms with van der Waals surface area (Å²) in [5.41, 5.74) is 5.53. The molecule has 84 valence electrons. The van der Waals surface area contributed by atoms with Crippen molar-refractivity contribution in [3.63, 3.8) is 0 Å². The van der Waals surface area contributed by atoms with E-state index in [1.807, 2.05) is 0 Å². The lowest BCUT2D eigenvalue weighted by molar-refractivity contribution is -0.383. The van der Waals surface area contributed by atoms with Gasteiger partial charge >= 0.3 is 0 Å². The number of benzene rings is 1. The fraction of sp³-hybridized carbons (Fsp3) is 0.300. The molecule has 0 spiro atoms. The fourth-order valence-corrected chi connectivity index (χ4v) is 1.34. The van der Waals surface area contributed by atoms with Crippen LogP contribution in [0, 0.1) is 10.1 Å². The lowest BCUT2D eigenvalue weighted by atomic mass is 10.1. The van der Waals surface area contributed by atoms with Crippen LogP contribution in [0.25, 0.3) is 0 Å². The van der Waals surface area contributed by atoms with E-state index in [2.05, 4.69) is 5.32 Å². The Morgan fingerprint density at radius 2 is 2.19 bits per heavy atom. The Morgan fingerprint density at radius 3 is 2.75 bits per heavy atom. The smallest absolute Gasteiger partial charge is 0.292 e. The van der Waals surface area contributed by atoms with Crippen molar-refractivity contribution in [1.29, 1.82) is 0 Å². The molecule has 0 atom stereocenters. The van der Waals surface area contributed by atoms with Crippen LogP contribution in [0.15, 0.2) is 18.2 Å². The summed E-state index contributed by atoms with van der Waals surface area (Å²) < 4.78 is 0. The molecular formula is C10H11N3O3. The molecule has 0 aliphatic heterocycles. The van der Waals surface area contributed by atoms with Gasteiger partial charge in [-0.05, 0) is 25.0 Å². The van der Waals surface area contributed by atoms with Crippen LogP contribution < -0.4 is 11.1 Å². The predicted octanol–water partition coefficient (Wildman–Crippen LogP) is 1.07. The molecular weight excluding hydrogens is 210 g/mol. The van der Waals surface area contributed by atoms with Crippen molar-refractivity contribution < 1.29 is 9.72 Å². The molecule has 2 rings (SSSR count). The Labute approximate surface area is 91.6 Å². The Bertz CT molecular complexity index is 455. The van der Waals surface area contributed by atoms with Gasteiger partial charge in [-0.1, -0.05) is 0 Å². The number of nitro groups is 1. The highest BCUT2D eigenvalue weighted by atomic mass is 16.6. The topological polar surface area (TPSA) is 98.3 Å². The zero-order valence-electron chi connectivity index (χ0n) is 8.47. The first kappa shape index (κ1) is 10.4. The monoisotopic (exact) mass is 221 g/mol. The number of nitrogens with one attached hydrogen (secondary N) is 1. The van der Waals surface area contributed by atoms with Crippen LogP contribution in [0.4, 0.5) is 11.4 Å². The summed E-state index contributed by atoms with van der Waals surface area (Å²) in [6, 6.07) is 4.29. The van der Waals surface area contributed by atoms with E-state index in [9.17, 15) is 14.9 Å². The lowest BCUT2D eigenvalue weighted by Gasteiger charge is -2.03. The third-order valence-electron chi connectivity index (χ3n) is 2.40. The van der Waals surface area contributed by atoms with Crippen molar-refractivity contribution in [2.75, 3.05) is 5.73 Å². The summed E-state index contributed by atoms with van der Waals surface area (Å²) >= 11 is 0. The van der Waals surface area contributed by atoms with Gasteiger partial charge in [-0.2, -0.15) is 0 Å². The second-order valence-corrected chi connectivity index (χ2v) is 3.78. The summed E-state index contributed by atoms with van der Waals surface area (Å²) in [6.07, 6.45) is 1.95. The molecule has 1 aliphatic rings. The third-order valence-corrected chi connectivity index (χ3v) is 2.40. The highest BCUT2D eigenvalue weighted by Crippen LogP contribution is 2.23. The van der Waals surface area contributed by atoms with Crippen molar-refractivity contribution in [1.82, 2.24) is 5.32 Å². The van der Waals surface area contributed by atoms with Crippen molar-refractivity contribution >= 4 is 17.3 Å². The molecule has 6 nitrogen and oxygen atoms in total. The van der Waals surface area contributed by atoms with Gasteiger partial charge in [-0.3, -0.25) is 14.9 Å². The first-order valence-electron chi connectivity index (χ1n) is 4.92. The number of carbonyl (C=O) groups is 1. The average molecular weight is 221 g/mol. The van der Waals surface area contributed by atoms with E-state index < -0.39 is 4.92 Å². The predicted molar refractivity (Wildman–Crippen MR) is 58.0 cm³/mol. The van der Waals surface area contributed by atoms with E-state index in [0.717, 1.165) is 12.8 Å². The van der Waals surface area contributed by atoms with Gasteiger partial charge in [0.2, 0.25) is 0 Å². The molecule has 0 saturated heterocycles. The van der Waals surface area contributed by atoms with E-state index in [-0.39, 0.29) is 28.9 Å². The molecule has 1 amide bonds. The Morgan fingerprint density at radius 1 is 1.50 bits per heavy atom. The molecule has 1 saturated carbocycles. The molecule has 1 aromatic rings. The van der Waals surface area contributed by atoms with Gasteiger partial charge < -0.3 is 11.1 Å². The number of hydrogen-bond donors (Lipinski definition) is 2.